The molecule has 0 fully saturated rings. The summed E-state index contributed by atoms with van der Waals surface area (Å²) in [6.07, 6.45) is 0.701. The van der Waals surface area contributed by atoms with Crippen molar-refractivity contribution in [2.24, 2.45) is 0 Å². The lowest BCUT2D eigenvalue weighted by molar-refractivity contribution is -0.135. The molecule has 1 N–H and O–H groups in total. The minimum atomic E-state index is -1.30. The lowest BCUT2D eigenvalue weighted by Crippen LogP contribution is -2.51. The van der Waals surface area contributed by atoms with Gasteiger partial charge < -0.3 is 10.1 Å². The SMILES string of the molecule is Cc1ccc(C(Cc2ccc(Cl)cc2)C(C)NC(=O)C(C)(C)Oc2ccc(F)c(F)c2)cc1. The van der Waals surface area contributed by atoms with Crippen LogP contribution in [-0.4, -0.2) is 17.6 Å². The van der Waals surface area contributed by atoms with Crippen LogP contribution in [0.25, 0.3) is 0 Å². The van der Waals surface area contributed by atoms with Crippen LogP contribution in [0.15, 0.2) is 66.7 Å². The molecule has 3 aromatic carbocycles. The van der Waals surface area contributed by atoms with E-state index in [9.17, 15) is 13.6 Å². The van der Waals surface area contributed by atoms with Crippen LogP contribution < -0.4 is 10.1 Å². The molecule has 174 valence electrons. The molecule has 0 saturated heterocycles. The molecule has 0 radical (unpaired) electrons. The van der Waals surface area contributed by atoms with Gasteiger partial charge in [-0.2, -0.15) is 0 Å². The summed E-state index contributed by atoms with van der Waals surface area (Å²) in [5.74, 6) is -2.28. The fourth-order valence-electron chi connectivity index (χ4n) is 3.63. The smallest absolute Gasteiger partial charge is 0.263 e. The van der Waals surface area contributed by atoms with E-state index in [1.807, 2.05) is 38.1 Å². The van der Waals surface area contributed by atoms with Gasteiger partial charge in [-0.25, -0.2) is 8.78 Å². The second-order valence-electron chi connectivity index (χ2n) is 8.80. The average Bonchev–Trinajstić information content (AvgIpc) is 2.76. The molecular weight excluding hydrogens is 444 g/mol. The number of nitrogens with one attached hydrogen (secondary N) is 1. The quantitative estimate of drug-likeness (QED) is 0.401. The first-order chi connectivity index (χ1) is 15.5. The molecule has 6 heteroatoms. The van der Waals surface area contributed by atoms with E-state index in [1.54, 1.807) is 13.8 Å². The largest absolute Gasteiger partial charge is 0.478 e. The summed E-state index contributed by atoms with van der Waals surface area (Å²) in [5, 5.41) is 3.72. The molecule has 0 aliphatic rings. The summed E-state index contributed by atoms with van der Waals surface area (Å²) < 4.78 is 32.5. The summed E-state index contributed by atoms with van der Waals surface area (Å²) >= 11 is 6.03. The highest BCUT2D eigenvalue weighted by Gasteiger charge is 2.33. The monoisotopic (exact) mass is 471 g/mol. The Morgan fingerprint density at radius 3 is 2.24 bits per heavy atom. The molecule has 0 aromatic heterocycles. The van der Waals surface area contributed by atoms with Crippen molar-refractivity contribution in [1.82, 2.24) is 5.32 Å². The Labute approximate surface area is 198 Å². The van der Waals surface area contributed by atoms with Crippen molar-refractivity contribution in [3.63, 3.8) is 0 Å². The second kappa shape index (κ2) is 10.3. The van der Waals surface area contributed by atoms with E-state index < -0.39 is 17.2 Å². The van der Waals surface area contributed by atoms with Crippen molar-refractivity contribution < 1.29 is 18.3 Å². The molecule has 0 aliphatic carbocycles. The normalized spacial score (nSPS) is 13.3. The Morgan fingerprint density at radius 2 is 1.64 bits per heavy atom. The molecule has 0 spiro atoms. The third-order valence-electron chi connectivity index (χ3n) is 5.65. The Balaban J connectivity index is 1.78. The first-order valence-corrected chi connectivity index (χ1v) is 11.2. The zero-order valence-corrected chi connectivity index (χ0v) is 19.9. The molecule has 3 rings (SSSR count). The Kier molecular flexibility index (Phi) is 7.75. The second-order valence-corrected chi connectivity index (χ2v) is 9.23. The summed E-state index contributed by atoms with van der Waals surface area (Å²) in [6, 6.07) is 18.9. The van der Waals surface area contributed by atoms with Gasteiger partial charge in [-0.15, -0.1) is 0 Å². The number of carbonyl (C=O) groups is 1. The fraction of sp³-hybridized carbons (Fsp3) is 0.296. The van der Waals surface area contributed by atoms with E-state index in [2.05, 4.69) is 29.6 Å². The molecule has 2 atom stereocenters. The van der Waals surface area contributed by atoms with Gasteiger partial charge in [-0.1, -0.05) is 53.6 Å². The lowest BCUT2D eigenvalue weighted by Gasteiger charge is -2.31. The number of benzene rings is 3. The standard InChI is InChI=1S/C27H28ClF2NO2/c1-17-5-9-20(10-6-17)23(15-19-7-11-21(28)12-8-19)18(2)31-26(32)27(3,4)33-22-13-14-24(29)25(30)16-22/h5-14,16,18,23H,15H2,1-4H3,(H,31,32). The topological polar surface area (TPSA) is 38.3 Å². The summed E-state index contributed by atoms with van der Waals surface area (Å²) in [7, 11) is 0. The molecular formula is C27H28ClF2NO2. The van der Waals surface area contributed by atoms with Crippen molar-refractivity contribution in [3.05, 3.63) is 100 Å². The van der Waals surface area contributed by atoms with E-state index in [0.29, 0.717) is 11.4 Å². The number of hydrogen-bond acceptors (Lipinski definition) is 2. The highest BCUT2D eigenvalue weighted by molar-refractivity contribution is 6.30. The van der Waals surface area contributed by atoms with Crippen LogP contribution in [0.5, 0.6) is 5.75 Å². The van der Waals surface area contributed by atoms with Crippen molar-refractivity contribution in [1.29, 1.82) is 0 Å². The van der Waals surface area contributed by atoms with Crippen molar-refractivity contribution in [2.45, 2.75) is 51.7 Å². The maximum absolute atomic E-state index is 13.6. The highest BCUT2D eigenvalue weighted by atomic mass is 35.5. The molecule has 1 amide bonds. The number of carbonyl (C=O) groups excluding carboxylic acids is 1. The zero-order valence-electron chi connectivity index (χ0n) is 19.2. The average molecular weight is 472 g/mol. The van der Waals surface area contributed by atoms with Crippen LogP contribution in [0.2, 0.25) is 5.02 Å². The number of rotatable bonds is 8. The third kappa shape index (κ3) is 6.55. The summed E-state index contributed by atoms with van der Waals surface area (Å²) in [5.41, 5.74) is 2.06. The van der Waals surface area contributed by atoms with Crippen molar-refractivity contribution in [2.75, 3.05) is 0 Å². The minimum absolute atomic E-state index is 0.00482. The van der Waals surface area contributed by atoms with E-state index in [1.165, 1.54) is 6.07 Å². The van der Waals surface area contributed by atoms with E-state index >= 15 is 0 Å². The van der Waals surface area contributed by atoms with Gasteiger partial charge in [0.15, 0.2) is 17.2 Å². The van der Waals surface area contributed by atoms with E-state index in [0.717, 1.165) is 28.8 Å². The molecule has 3 nitrogen and oxygen atoms in total. The van der Waals surface area contributed by atoms with Crippen molar-refractivity contribution >= 4 is 17.5 Å². The molecule has 3 aromatic rings. The first kappa shape index (κ1) is 24.7. The van der Waals surface area contributed by atoms with Crippen LogP contribution in [0.1, 0.15) is 43.4 Å². The van der Waals surface area contributed by atoms with E-state index in [4.69, 9.17) is 16.3 Å². The van der Waals surface area contributed by atoms with Crippen LogP contribution in [0.3, 0.4) is 0 Å². The fourth-order valence-corrected chi connectivity index (χ4v) is 3.76. The van der Waals surface area contributed by atoms with Gasteiger partial charge in [0.05, 0.1) is 0 Å². The zero-order chi connectivity index (χ0) is 24.2. The van der Waals surface area contributed by atoms with Crippen LogP contribution in [0, 0.1) is 18.6 Å². The van der Waals surface area contributed by atoms with Gasteiger partial charge in [0.2, 0.25) is 0 Å². The third-order valence-corrected chi connectivity index (χ3v) is 5.90. The maximum Gasteiger partial charge on any atom is 0.263 e. The van der Waals surface area contributed by atoms with Gasteiger partial charge in [-0.05, 0) is 69.5 Å². The first-order valence-electron chi connectivity index (χ1n) is 10.8. The van der Waals surface area contributed by atoms with Crippen LogP contribution in [-0.2, 0) is 11.2 Å². The van der Waals surface area contributed by atoms with Gasteiger partial charge in [0, 0.05) is 23.0 Å². The number of ether oxygens (including phenoxy) is 1. The van der Waals surface area contributed by atoms with Crippen LogP contribution in [0.4, 0.5) is 8.78 Å². The molecule has 0 bridgehead atoms. The van der Waals surface area contributed by atoms with Gasteiger partial charge >= 0.3 is 0 Å². The van der Waals surface area contributed by atoms with Gasteiger partial charge in [-0.3, -0.25) is 4.79 Å². The Bertz CT molecular complexity index is 1100. The minimum Gasteiger partial charge on any atom is -0.478 e. The van der Waals surface area contributed by atoms with Crippen molar-refractivity contribution in [3.8, 4) is 5.75 Å². The molecule has 0 saturated carbocycles. The highest BCUT2D eigenvalue weighted by Crippen LogP contribution is 2.27. The lowest BCUT2D eigenvalue weighted by atomic mass is 9.86. The van der Waals surface area contributed by atoms with Crippen LogP contribution >= 0.6 is 11.6 Å². The summed E-state index contributed by atoms with van der Waals surface area (Å²) in [4.78, 5) is 13.1. The Hall–Kier alpha value is -2.92. The molecule has 2 unspecified atom stereocenters. The van der Waals surface area contributed by atoms with Gasteiger partial charge in [0.25, 0.3) is 5.91 Å². The number of aryl methyl sites for hydroxylation is 1. The number of hydrogen-bond donors (Lipinski definition) is 1. The Morgan fingerprint density at radius 1 is 1.00 bits per heavy atom. The number of amides is 1. The number of halogens is 3. The summed E-state index contributed by atoms with van der Waals surface area (Å²) in [6.45, 7) is 7.17. The predicted molar refractivity (Wildman–Crippen MR) is 128 cm³/mol. The predicted octanol–water partition coefficient (Wildman–Crippen LogP) is 6.62. The molecule has 33 heavy (non-hydrogen) atoms. The maximum atomic E-state index is 13.6. The van der Waals surface area contributed by atoms with E-state index in [-0.39, 0.29) is 23.6 Å². The molecule has 0 aliphatic heterocycles. The molecule has 0 heterocycles. The van der Waals surface area contributed by atoms with Gasteiger partial charge in [0.1, 0.15) is 5.75 Å².